The van der Waals surface area contributed by atoms with Crippen LogP contribution in [0.4, 0.5) is 5.69 Å². The Hall–Kier alpha value is -4.93. The highest BCUT2D eigenvalue weighted by Gasteiger charge is 2.26. The standard InChI is InChI=1S/C38H42N6O3S/c1-25(2)32-19-33(21-40-20-32)43(4)22-35(45)34(15-27-9-7-6-8-10-27)42-37(46)30-16-29(28-11-13-39-14-12-28)17-31(18-30)38(47)44(5)23-36-41-26(3)24-48-36/h6-14,16-21,24-25,34-35,45H,15,22-23H2,1-5H3,(H,42,46)/t34-,35+/m0/s1. The largest absolute Gasteiger partial charge is 0.389 e. The minimum atomic E-state index is -0.917. The van der Waals surface area contributed by atoms with Gasteiger partial charge in [-0.25, -0.2) is 4.98 Å². The maximum Gasteiger partial charge on any atom is 0.254 e. The lowest BCUT2D eigenvalue weighted by atomic mass is 9.97. The van der Waals surface area contributed by atoms with Crippen LogP contribution < -0.4 is 10.2 Å². The minimum absolute atomic E-state index is 0.229. The lowest BCUT2D eigenvalue weighted by Crippen LogP contribution is -2.49. The number of amides is 2. The average Bonchev–Trinajstić information content (AvgIpc) is 3.52. The Morgan fingerprint density at radius 2 is 1.65 bits per heavy atom. The molecule has 0 unspecified atom stereocenters. The second-order valence-electron chi connectivity index (χ2n) is 12.4. The molecule has 10 heteroatoms. The predicted octanol–water partition coefficient (Wildman–Crippen LogP) is 6.14. The molecule has 0 saturated carbocycles. The topological polar surface area (TPSA) is 112 Å². The summed E-state index contributed by atoms with van der Waals surface area (Å²) in [4.78, 5) is 44.3. The Labute approximate surface area is 286 Å². The van der Waals surface area contributed by atoms with Gasteiger partial charge < -0.3 is 20.2 Å². The second-order valence-corrected chi connectivity index (χ2v) is 13.4. The smallest absolute Gasteiger partial charge is 0.254 e. The summed E-state index contributed by atoms with van der Waals surface area (Å²) in [6.07, 6.45) is 6.48. The number of carbonyl (C=O) groups excluding carboxylic acids is 2. The lowest BCUT2D eigenvalue weighted by Gasteiger charge is -2.29. The fourth-order valence-electron chi connectivity index (χ4n) is 5.45. The van der Waals surface area contributed by atoms with Crippen LogP contribution >= 0.6 is 11.3 Å². The predicted molar refractivity (Wildman–Crippen MR) is 191 cm³/mol. The van der Waals surface area contributed by atoms with E-state index in [1.54, 1.807) is 48.7 Å². The molecule has 0 fully saturated rings. The van der Waals surface area contributed by atoms with Gasteiger partial charge in [0, 0.05) is 61.4 Å². The van der Waals surface area contributed by atoms with Gasteiger partial charge in [0.1, 0.15) is 5.01 Å². The van der Waals surface area contributed by atoms with Crippen LogP contribution in [0.15, 0.2) is 96.9 Å². The van der Waals surface area contributed by atoms with Crippen molar-refractivity contribution in [1.82, 2.24) is 25.2 Å². The summed E-state index contributed by atoms with van der Waals surface area (Å²) in [5, 5.41) is 17.5. The summed E-state index contributed by atoms with van der Waals surface area (Å²) in [7, 11) is 3.64. The van der Waals surface area contributed by atoms with Gasteiger partial charge in [0.25, 0.3) is 11.8 Å². The second kappa shape index (κ2) is 15.8. The first-order valence-electron chi connectivity index (χ1n) is 16.0. The van der Waals surface area contributed by atoms with E-state index in [0.717, 1.165) is 33.1 Å². The van der Waals surface area contributed by atoms with Crippen LogP contribution in [0.25, 0.3) is 11.1 Å². The van der Waals surface area contributed by atoms with Crippen molar-refractivity contribution in [2.45, 2.75) is 51.8 Å². The van der Waals surface area contributed by atoms with E-state index in [4.69, 9.17) is 0 Å². The van der Waals surface area contributed by atoms with Gasteiger partial charge in [0.05, 0.1) is 30.6 Å². The van der Waals surface area contributed by atoms with Crippen molar-refractivity contribution in [1.29, 1.82) is 0 Å². The molecular formula is C38H42N6O3S. The molecule has 0 saturated heterocycles. The molecule has 0 aliphatic carbocycles. The van der Waals surface area contributed by atoms with Gasteiger partial charge in [-0.2, -0.15) is 0 Å². The first kappa shape index (κ1) is 34.4. The summed E-state index contributed by atoms with van der Waals surface area (Å²) in [5.74, 6) is -0.297. The minimum Gasteiger partial charge on any atom is -0.389 e. The molecule has 2 amide bonds. The van der Waals surface area contributed by atoms with Crippen LogP contribution in [-0.2, 0) is 13.0 Å². The number of nitrogens with one attached hydrogen (secondary N) is 1. The van der Waals surface area contributed by atoms with Crippen molar-refractivity contribution in [3.8, 4) is 11.1 Å². The zero-order valence-corrected chi connectivity index (χ0v) is 28.8. The van der Waals surface area contributed by atoms with E-state index >= 15 is 0 Å². The van der Waals surface area contributed by atoms with Crippen molar-refractivity contribution >= 4 is 28.8 Å². The monoisotopic (exact) mass is 662 g/mol. The number of thiazole rings is 1. The fourth-order valence-corrected chi connectivity index (χ4v) is 6.27. The van der Waals surface area contributed by atoms with E-state index in [1.165, 1.54) is 11.3 Å². The van der Waals surface area contributed by atoms with Gasteiger partial charge in [-0.1, -0.05) is 44.2 Å². The number of carbonyl (C=O) groups is 2. The molecule has 0 radical (unpaired) electrons. The molecule has 3 aromatic heterocycles. The normalized spacial score (nSPS) is 12.4. The number of hydrogen-bond acceptors (Lipinski definition) is 8. The molecular weight excluding hydrogens is 621 g/mol. The number of likely N-dealkylation sites (N-methyl/N-ethyl adjacent to an activating group) is 1. The van der Waals surface area contributed by atoms with Gasteiger partial charge in [-0.15, -0.1) is 11.3 Å². The maximum absolute atomic E-state index is 14.1. The highest BCUT2D eigenvalue weighted by Crippen LogP contribution is 2.25. The van der Waals surface area contributed by atoms with E-state index in [1.807, 2.05) is 72.9 Å². The third kappa shape index (κ3) is 8.90. The van der Waals surface area contributed by atoms with Gasteiger partial charge in [0.2, 0.25) is 0 Å². The Kier molecular flexibility index (Phi) is 11.3. The van der Waals surface area contributed by atoms with Crippen molar-refractivity contribution in [3.63, 3.8) is 0 Å². The number of aryl methyl sites for hydroxylation is 1. The van der Waals surface area contributed by atoms with Crippen molar-refractivity contribution in [2.75, 3.05) is 25.5 Å². The molecule has 9 nitrogen and oxygen atoms in total. The SMILES string of the molecule is Cc1csc(CN(C)C(=O)c2cc(C(=O)N[C@@H](Cc3ccccc3)[C@H](O)CN(C)c3cncc(C(C)C)c3)cc(-c3ccncc3)c2)n1. The Bertz CT molecular complexity index is 1830. The van der Waals surface area contributed by atoms with Gasteiger partial charge in [-0.05, 0) is 77.9 Å². The fraction of sp³-hybridized carbons (Fsp3) is 0.289. The van der Waals surface area contributed by atoms with Crippen LogP contribution in [0.5, 0.6) is 0 Å². The van der Waals surface area contributed by atoms with Crippen molar-refractivity contribution < 1.29 is 14.7 Å². The Balaban J connectivity index is 1.42. The van der Waals surface area contributed by atoms with Crippen LogP contribution in [0, 0.1) is 6.92 Å². The zero-order valence-electron chi connectivity index (χ0n) is 28.0. The van der Waals surface area contributed by atoms with E-state index in [-0.39, 0.29) is 18.4 Å². The molecule has 2 aromatic carbocycles. The summed E-state index contributed by atoms with van der Waals surface area (Å²) in [6, 6.07) is 20.1. The highest BCUT2D eigenvalue weighted by atomic mass is 32.1. The van der Waals surface area contributed by atoms with E-state index in [0.29, 0.717) is 35.6 Å². The quantitative estimate of drug-likeness (QED) is 0.156. The number of hydrogen-bond donors (Lipinski definition) is 2. The molecule has 0 aliphatic rings. The first-order chi connectivity index (χ1) is 23.1. The summed E-state index contributed by atoms with van der Waals surface area (Å²) >= 11 is 1.51. The van der Waals surface area contributed by atoms with Gasteiger partial charge >= 0.3 is 0 Å². The number of aromatic nitrogens is 3. The molecule has 0 spiro atoms. The number of aliphatic hydroxyl groups excluding tert-OH is 1. The number of nitrogens with zero attached hydrogens (tertiary/aromatic N) is 5. The summed E-state index contributed by atoms with van der Waals surface area (Å²) in [6.45, 7) is 6.77. The number of rotatable bonds is 13. The molecule has 2 atom stereocenters. The number of pyridine rings is 2. The number of benzene rings is 2. The van der Waals surface area contributed by atoms with E-state index < -0.39 is 12.1 Å². The summed E-state index contributed by atoms with van der Waals surface area (Å²) < 4.78 is 0. The lowest BCUT2D eigenvalue weighted by molar-refractivity contribution is 0.0785. The third-order valence-electron chi connectivity index (χ3n) is 8.23. The average molecular weight is 663 g/mol. The molecule has 5 aromatic rings. The van der Waals surface area contributed by atoms with Crippen molar-refractivity contribution in [2.24, 2.45) is 0 Å². The van der Waals surface area contributed by atoms with E-state index in [2.05, 4.69) is 40.2 Å². The van der Waals surface area contributed by atoms with Crippen LogP contribution in [0.1, 0.15) is 62.3 Å². The highest BCUT2D eigenvalue weighted by molar-refractivity contribution is 7.09. The van der Waals surface area contributed by atoms with Gasteiger partial charge in [-0.3, -0.25) is 19.6 Å². The maximum atomic E-state index is 14.1. The summed E-state index contributed by atoms with van der Waals surface area (Å²) in [5.41, 5.74) is 6.12. The number of anilines is 1. The third-order valence-corrected chi connectivity index (χ3v) is 9.19. The molecule has 0 aliphatic heterocycles. The first-order valence-corrected chi connectivity index (χ1v) is 16.9. The Morgan fingerprint density at radius 3 is 2.33 bits per heavy atom. The molecule has 5 rings (SSSR count). The van der Waals surface area contributed by atoms with E-state index in [9.17, 15) is 14.7 Å². The zero-order chi connectivity index (χ0) is 34.2. The number of aliphatic hydroxyl groups is 1. The van der Waals surface area contributed by atoms with Crippen LogP contribution in [-0.4, -0.2) is 69.6 Å². The van der Waals surface area contributed by atoms with Crippen LogP contribution in [0.3, 0.4) is 0 Å². The van der Waals surface area contributed by atoms with Crippen molar-refractivity contribution in [3.05, 3.63) is 130 Å². The molecule has 2 N–H and O–H groups in total. The molecule has 248 valence electrons. The molecule has 48 heavy (non-hydrogen) atoms. The Morgan fingerprint density at radius 1 is 0.917 bits per heavy atom. The van der Waals surface area contributed by atoms with Gasteiger partial charge in [0.15, 0.2) is 0 Å². The van der Waals surface area contributed by atoms with Crippen LogP contribution in [0.2, 0.25) is 0 Å². The molecule has 0 bridgehead atoms. The molecule has 3 heterocycles.